The van der Waals surface area contributed by atoms with Crippen molar-refractivity contribution in [2.75, 3.05) is 4.90 Å². The van der Waals surface area contributed by atoms with Crippen LogP contribution in [0.1, 0.15) is 11.5 Å². The standard InChI is InChI=1S/C36H23N5.Pt/c1-2-11-24(12-3-1)30-16-10-20-34(37-30)40-32-18-8-5-14-26(32)28-23-29-27-15-6-9-19-33(27)41(36(29)38-35(28)40)39-22-21-25-13-4-7-17-31(25)39;/h1-11,13-21,23,28,35H;/q-2;+2. The Morgan fingerprint density at radius 2 is 1.55 bits per heavy atom. The van der Waals surface area contributed by atoms with Crippen LogP contribution in [0.2, 0.25) is 0 Å². The Kier molecular flexibility index (Phi) is 5.77. The first-order chi connectivity index (χ1) is 20.3. The van der Waals surface area contributed by atoms with Crippen LogP contribution in [0.3, 0.4) is 0 Å². The zero-order valence-electron chi connectivity index (χ0n) is 22.3. The zero-order valence-corrected chi connectivity index (χ0v) is 24.6. The minimum Gasteiger partial charge on any atom is -0.373 e. The number of hydrogen-bond donors (Lipinski definition) is 0. The molecule has 6 heteroatoms. The normalized spacial score (nSPS) is 16.7. The Morgan fingerprint density at radius 3 is 2.45 bits per heavy atom. The Morgan fingerprint density at radius 1 is 0.738 bits per heavy atom. The van der Waals surface area contributed by atoms with Gasteiger partial charge in [0.25, 0.3) is 0 Å². The summed E-state index contributed by atoms with van der Waals surface area (Å²) in [7, 11) is 0. The number of para-hydroxylation sites is 3. The van der Waals surface area contributed by atoms with Crippen molar-refractivity contribution >= 4 is 39.4 Å². The van der Waals surface area contributed by atoms with Gasteiger partial charge in [-0.25, -0.2) is 4.99 Å². The van der Waals surface area contributed by atoms with E-state index in [1.807, 2.05) is 36.4 Å². The maximum atomic E-state index is 5.55. The van der Waals surface area contributed by atoms with Crippen LogP contribution in [-0.4, -0.2) is 20.5 Å². The number of benzene rings is 4. The van der Waals surface area contributed by atoms with Crippen molar-refractivity contribution in [3.05, 3.63) is 150 Å². The Hall–Kier alpha value is -4.73. The van der Waals surface area contributed by atoms with Crippen molar-refractivity contribution in [1.29, 1.82) is 0 Å². The zero-order chi connectivity index (χ0) is 26.9. The predicted octanol–water partition coefficient (Wildman–Crippen LogP) is 6.24. The van der Waals surface area contributed by atoms with Crippen LogP contribution >= 0.6 is 0 Å². The first-order valence-corrected chi connectivity index (χ1v) is 13.9. The molecule has 9 rings (SSSR count). The largest absolute Gasteiger partial charge is 2.00 e. The molecule has 0 spiro atoms. The number of aromatic nitrogens is 3. The number of nitrogens with zero attached hydrogens (tertiary/aromatic N) is 5. The van der Waals surface area contributed by atoms with Crippen molar-refractivity contribution in [1.82, 2.24) is 14.3 Å². The van der Waals surface area contributed by atoms with Gasteiger partial charge < -0.3 is 9.58 Å². The number of pyridine rings is 1. The average Bonchev–Trinajstić information content (AvgIpc) is 3.70. The molecule has 5 heterocycles. The van der Waals surface area contributed by atoms with Gasteiger partial charge in [0.15, 0.2) is 5.49 Å². The van der Waals surface area contributed by atoms with E-state index in [1.54, 1.807) is 0 Å². The number of hydrogen-bond acceptors (Lipinski definition) is 3. The monoisotopic (exact) mass is 720 g/mol. The fourth-order valence-corrected chi connectivity index (χ4v) is 6.48. The van der Waals surface area contributed by atoms with Crippen LogP contribution < -0.4 is 15.6 Å². The molecule has 202 valence electrons. The molecule has 0 aliphatic carbocycles. The molecule has 0 N–H and O–H groups in total. The van der Waals surface area contributed by atoms with Gasteiger partial charge in [-0.2, -0.15) is 11.5 Å². The van der Waals surface area contributed by atoms with Gasteiger partial charge in [-0.3, -0.25) is 9.66 Å². The van der Waals surface area contributed by atoms with Crippen molar-refractivity contribution in [3.63, 3.8) is 0 Å². The molecule has 2 aliphatic rings. The van der Waals surface area contributed by atoms with Gasteiger partial charge in [-0.1, -0.05) is 78.5 Å². The Balaban J connectivity index is 0.00000267. The van der Waals surface area contributed by atoms with E-state index in [-0.39, 0.29) is 33.1 Å². The summed E-state index contributed by atoms with van der Waals surface area (Å²) in [4.78, 5) is 13.0. The van der Waals surface area contributed by atoms with Crippen LogP contribution in [0.5, 0.6) is 0 Å². The maximum Gasteiger partial charge on any atom is 2.00 e. The fourth-order valence-electron chi connectivity index (χ4n) is 6.48. The van der Waals surface area contributed by atoms with Crippen LogP contribution in [0.15, 0.2) is 126 Å². The smallest absolute Gasteiger partial charge is 0.373 e. The first-order valence-electron chi connectivity index (χ1n) is 13.9. The summed E-state index contributed by atoms with van der Waals surface area (Å²) in [5, 5.41) is 3.49. The second-order valence-corrected chi connectivity index (χ2v) is 10.5. The molecule has 3 aromatic heterocycles. The van der Waals surface area contributed by atoms with Crippen LogP contribution in [0, 0.1) is 12.3 Å². The van der Waals surface area contributed by atoms with E-state index < -0.39 is 0 Å². The van der Waals surface area contributed by atoms with Crippen molar-refractivity contribution < 1.29 is 21.1 Å². The number of anilines is 2. The summed E-state index contributed by atoms with van der Waals surface area (Å²) < 4.78 is 4.31. The molecule has 5 nitrogen and oxygen atoms in total. The summed E-state index contributed by atoms with van der Waals surface area (Å²) in [5.74, 6) is 0.970. The van der Waals surface area contributed by atoms with Crippen LogP contribution in [-0.2, 0) is 21.1 Å². The minimum atomic E-state index is -0.174. The minimum absolute atomic E-state index is 0. The molecule has 0 saturated heterocycles. The second kappa shape index (κ2) is 9.68. The van der Waals surface area contributed by atoms with E-state index in [2.05, 4.69) is 118 Å². The first kappa shape index (κ1) is 25.0. The summed E-state index contributed by atoms with van der Waals surface area (Å²) in [5.41, 5.74) is 7.40. The molecule has 0 fully saturated rings. The Labute approximate surface area is 256 Å². The molecular weight excluding hydrogens is 698 g/mol. The summed E-state index contributed by atoms with van der Waals surface area (Å²) in [6, 6.07) is 45.1. The van der Waals surface area contributed by atoms with Gasteiger partial charge in [-0.05, 0) is 29.5 Å². The van der Waals surface area contributed by atoms with E-state index in [4.69, 9.17) is 9.98 Å². The van der Waals surface area contributed by atoms with Gasteiger partial charge in [-0.15, -0.1) is 48.0 Å². The summed E-state index contributed by atoms with van der Waals surface area (Å²) in [6.07, 6.45) is 5.71. The second-order valence-electron chi connectivity index (χ2n) is 10.5. The fraction of sp³-hybridized carbons (Fsp3) is 0.0556. The molecule has 0 radical (unpaired) electrons. The van der Waals surface area contributed by atoms with Crippen LogP contribution in [0.25, 0.3) is 39.1 Å². The molecule has 0 amide bonds. The molecule has 42 heavy (non-hydrogen) atoms. The average molecular weight is 721 g/mol. The van der Waals surface area contributed by atoms with E-state index in [9.17, 15) is 0 Å². The van der Waals surface area contributed by atoms with Gasteiger partial charge in [0, 0.05) is 22.2 Å². The number of rotatable bonds is 3. The third-order valence-electron chi connectivity index (χ3n) is 8.28. The summed E-state index contributed by atoms with van der Waals surface area (Å²) in [6.45, 7) is 0. The van der Waals surface area contributed by atoms with Gasteiger partial charge in [0.2, 0.25) is 0 Å². The van der Waals surface area contributed by atoms with E-state index >= 15 is 0 Å². The van der Waals surface area contributed by atoms with Crippen LogP contribution in [0.4, 0.5) is 11.5 Å². The molecular formula is C36H23N5Pt. The number of fused-ring (bicyclic) bond motifs is 7. The molecule has 7 aromatic rings. The van der Waals surface area contributed by atoms with Crippen molar-refractivity contribution in [2.45, 2.75) is 12.1 Å². The van der Waals surface area contributed by atoms with E-state index in [0.717, 1.165) is 49.9 Å². The third kappa shape index (κ3) is 3.60. The predicted molar refractivity (Wildman–Crippen MR) is 162 cm³/mol. The molecule has 2 unspecified atom stereocenters. The van der Waals surface area contributed by atoms with E-state index in [0.29, 0.717) is 0 Å². The van der Waals surface area contributed by atoms with Gasteiger partial charge in [0.05, 0.1) is 5.52 Å². The van der Waals surface area contributed by atoms with Crippen molar-refractivity contribution in [2.24, 2.45) is 4.99 Å². The SMILES string of the molecule is [Pt+2].[c-]1ccccc1-c1cccc(N2c3ccccc3C3C=c4c(n(-n5[c-]cc6ccccc65)c5ccccc45)=NC32)n1. The van der Waals surface area contributed by atoms with Gasteiger partial charge >= 0.3 is 21.1 Å². The molecule has 2 aliphatic heterocycles. The summed E-state index contributed by atoms with van der Waals surface area (Å²) >= 11 is 0. The maximum absolute atomic E-state index is 5.55. The molecule has 0 saturated carbocycles. The van der Waals surface area contributed by atoms with E-state index in [1.165, 1.54) is 10.9 Å². The van der Waals surface area contributed by atoms with Crippen molar-refractivity contribution in [3.8, 4) is 11.3 Å². The molecule has 0 bridgehead atoms. The quantitative estimate of drug-likeness (QED) is 0.203. The molecule has 2 atom stereocenters. The third-order valence-corrected chi connectivity index (χ3v) is 8.28. The molecule has 4 aromatic carbocycles. The van der Waals surface area contributed by atoms with Gasteiger partial charge in [0.1, 0.15) is 12.0 Å². The topological polar surface area (TPSA) is 38.4 Å². The Bertz CT molecular complexity index is 2250.